The molecule has 0 bridgehead atoms. The van der Waals surface area contributed by atoms with Crippen LogP contribution in [0, 0.1) is 13.8 Å². The number of aromatic nitrogens is 2. The fraction of sp³-hybridized carbons (Fsp3) is 0.292. The van der Waals surface area contributed by atoms with Crippen LogP contribution < -0.4 is 5.32 Å². The van der Waals surface area contributed by atoms with Crippen molar-refractivity contribution in [2.75, 3.05) is 18.4 Å². The summed E-state index contributed by atoms with van der Waals surface area (Å²) in [6.07, 6.45) is 4.79. The number of nitrogens with zero attached hydrogens (tertiary/aromatic N) is 3. The Kier molecular flexibility index (Phi) is 5.65. The number of piperidine rings is 1. The number of rotatable bonds is 4. The van der Waals surface area contributed by atoms with E-state index in [-0.39, 0.29) is 11.8 Å². The van der Waals surface area contributed by atoms with Crippen LogP contribution in [-0.2, 0) is 0 Å². The highest BCUT2D eigenvalue weighted by molar-refractivity contribution is 6.09. The van der Waals surface area contributed by atoms with Gasteiger partial charge >= 0.3 is 0 Å². The predicted molar refractivity (Wildman–Crippen MR) is 117 cm³/mol. The van der Waals surface area contributed by atoms with Crippen molar-refractivity contribution in [3.8, 4) is 5.69 Å². The maximum absolute atomic E-state index is 13.0. The number of anilines is 1. The third-order valence-corrected chi connectivity index (χ3v) is 5.65. The third-order valence-electron chi connectivity index (χ3n) is 5.65. The number of carbonyl (C=O) groups excluding carboxylic acids is 2. The molecule has 2 aromatic carbocycles. The van der Waals surface area contributed by atoms with Gasteiger partial charge in [-0.05, 0) is 56.9 Å². The van der Waals surface area contributed by atoms with Crippen LogP contribution in [0.3, 0.4) is 0 Å². The van der Waals surface area contributed by atoms with Crippen LogP contribution in [0.1, 0.15) is 51.2 Å². The molecule has 6 nitrogen and oxygen atoms in total. The van der Waals surface area contributed by atoms with Crippen LogP contribution in [0.4, 0.5) is 5.69 Å². The normalized spacial score (nSPS) is 13.9. The van der Waals surface area contributed by atoms with Crippen molar-refractivity contribution < 1.29 is 9.59 Å². The van der Waals surface area contributed by atoms with Crippen LogP contribution in [0.2, 0.25) is 0 Å². The molecule has 1 saturated heterocycles. The van der Waals surface area contributed by atoms with Crippen molar-refractivity contribution in [2.45, 2.75) is 33.1 Å². The molecule has 0 unspecified atom stereocenters. The Balaban J connectivity index is 1.58. The van der Waals surface area contributed by atoms with Gasteiger partial charge in [0.05, 0.1) is 34.4 Å². The summed E-state index contributed by atoms with van der Waals surface area (Å²) in [4.78, 5) is 27.9. The fourth-order valence-electron chi connectivity index (χ4n) is 3.91. The third kappa shape index (κ3) is 3.85. The zero-order valence-corrected chi connectivity index (χ0v) is 17.4. The molecule has 1 N–H and O–H groups in total. The van der Waals surface area contributed by atoms with Crippen LogP contribution in [0.5, 0.6) is 0 Å². The number of benzene rings is 2. The standard InChI is InChI=1S/C24H26N4O2/c1-17-10-4-7-13-22(17)28-18(2)20(16-25-28)23(29)26-21-12-6-5-11-19(21)24(30)27-14-8-3-9-15-27/h4-7,10-13,16H,3,8-9,14-15H2,1-2H3,(H,26,29). The van der Waals surface area contributed by atoms with Gasteiger partial charge in [-0.15, -0.1) is 0 Å². The number of para-hydroxylation sites is 2. The molecule has 154 valence electrons. The number of aryl methyl sites for hydroxylation is 1. The van der Waals surface area contributed by atoms with E-state index >= 15 is 0 Å². The highest BCUT2D eigenvalue weighted by Gasteiger charge is 2.22. The lowest BCUT2D eigenvalue weighted by molar-refractivity contribution is 0.0725. The van der Waals surface area contributed by atoms with Gasteiger partial charge in [-0.25, -0.2) is 4.68 Å². The number of hydrogen-bond acceptors (Lipinski definition) is 3. The van der Waals surface area contributed by atoms with Crippen LogP contribution in [0.25, 0.3) is 5.69 Å². The topological polar surface area (TPSA) is 67.2 Å². The lowest BCUT2D eigenvalue weighted by atomic mass is 10.1. The summed E-state index contributed by atoms with van der Waals surface area (Å²) in [7, 11) is 0. The van der Waals surface area contributed by atoms with Gasteiger partial charge in [0, 0.05) is 13.1 Å². The summed E-state index contributed by atoms with van der Waals surface area (Å²) in [6, 6.07) is 15.1. The molecule has 3 aromatic rings. The molecule has 0 spiro atoms. The molecule has 0 radical (unpaired) electrons. The average molecular weight is 402 g/mol. The van der Waals surface area contributed by atoms with Crippen molar-refractivity contribution in [1.29, 1.82) is 0 Å². The van der Waals surface area contributed by atoms with E-state index in [4.69, 9.17) is 0 Å². The molecule has 0 atom stereocenters. The largest absolute Gasteiger partial charge is 0.339 e. The Hall–Kier alpha value is -3.41. The van der Waals surface area contributed by atoms with Crippen molar-refractivity contribution in [3.63, 3.8) is 0 Å². The molecule has 30 heavy (non-hydrogen) atoms. The first-order valence-electron chi connectivity index (χ1n) is 10.4. The summed E-state index contributed by atoms with van der Waals surface area (Å²) < 4.78 is 1.77. The second-order valence-corrected chi connectivity index (χ2v) is 7.69. The first kappa shape index (κ1) is 19.9. The Morgan fingerprint density at radius 3 is 2.37 bits per heavy atom. The second kappa shape index (κ2) is 8.53. The molecule has 6 heteroatoms. The number of likely N-dealkylation sites (tertiary alicyclic amines) is 1. The summed E-state index contributed by atoms with van der Waals surface area (Å²) >= 11 is 0. The maximum Gasteiger partial charge on any atom is 0.259 e. The average Bonchev–Trinajstić information content (AvgIpc) is 3.16. The summed E-state index contributed by atoms with van der Waals surface area (Å²) in [5, 5.41) is 7.35. The molecule has 1 aliphatic heterocycles. The number of carbonyl (C=O) groups is 2. The van der Waals surface area contributed by atoms with E-state index in [1.54, 1.807) is 23.0 Å². The molecule has 1 fully saturated rings. The van der Waals surface area contributed by atoms with Crippen LogP contribution in [0.15, 0.2) is 54.7 Å². The second-order valence-electron chi connectivity index (χ2n) is 7.69. The van der Waals surface area contributed by atoms with Gasteiger partial charge in [-0.3, -0.25) is 9.59 Å². The van der Waals surface area contributed by atoms with Gasteiger partial charge in [0.15, 0.2) is 0 Å². The van der Waals surface area contributed by atoms with E-state index in [1.807, 2.05) is 55.1 Å². The molecule has 2 heterocycles. The van der Waals surface area contributed by atoms with E-state index < -0.39 is 0 Å². The van der Waals surface area contributed by atoms with E-state index in [0.29, 0.717) is 16.8 Å². The highest BCUT2D eigenvalue weighted by Crippen LogP contribution is 2.22. The minimum atomic E-state index is -0.272. The van der Waals surface area contributed by atoms with Gasteiger partial charge in [-0.2, -0.15) is 5.10 Å². The van der Waals surface area contributed by atoms with Crippen molar-refractivity contribution >= 4 is 17.5 Å². The molecule has 2 amide bonds. The van der Waals surface area contributed by atoms with Gasteiger partial charge in [0.1, 0.15) is 0 Å². The Morgan fingerprint density at radius 2 is 1.60 bits per heavy atom. The van der Waals surface area contributed by atoms with Crippen molar-refractivity contribution in [2.24, 2.45) is 0 Å². The molecular weight excluding hydrogens is 376 g/mol. The predicted octanol–water partition coefficient (Wildman–Crippen LogP) is 4.37. The smallest absolute Gasteiger partial charge is 0.259 e. The zero-order valence-electron chi connectivity index (χ0n) is 17.4. The highest BCUT2D eigenvalue weighted by atomic mass is 16.2. The van der Waals surface area contributed by atoms with Gasteiger partial charge in [0.2, 0.25) is 0 Å². The van der Waals surface area contributed by atoms with Gasteiger partial charge < -0.3 is 10.2 Å². The Labute approximate surface area is 176 Å². The van der Waals surface area contributed by atoms with E-state index in [2.05, 4.69) is 10.4 Å². The zero-order chi connectivity index (χ0) is 21.1. The van der Waals surface area contributed by atoms with E-state index in [0.717, 1.165) is 49.3 Å². The van der Waals surface area contributed by atoms with Crippen molar-refractivity contribution in [1.82, 2.24) is 14.7 Å². The first-order chi connectivity index (χ1) is 14.6. The molecule has 0 aliphatic carbocycles. The van der Waals surface area contributed by atoms with Crippen LogP contribution in [-0.4, -0.2) is 39.6 Å². The monoisotopic (exact) mass is 402 g/mol. The first-order valence-corrected chi connectivity index (χ1v) is 10.4. The molecule has 1 aromatic heterocycles. The van der Waals surface area contributed by atoms with Crippen molar-refractivity contribution in [3.05, 3.63) is 77.1 Å². The SMILES string of the molecule is Cc1ccccc1-n1ncc(C(=O)Nc2ccccc2C(=O)N2CCCCC2)c1C. The Morgan fingerprint density at radius 1 is 0.900 bits per heavy atom. The lowest BCUT2D eigenvalue weighted by Crippen LogP contribution is -2.36. The summed E-state index contributed by atoms with van der Waals surface area (Å²) in [6.45, 7) is 5.42. The molecule has 1 aliphatic rings. The minimum absolute atomic E-state index is 0.0297. The van der Waals surface area contributed by atoms with E-state index in [1.165, 1.54) is 0 Å². The summed E-state index contributed by atoms with van der Waals surface area (Å²) in [5.74, 6) is -0.302. The summed E-state index contributed by atoms with van der Waals surface area (Å²) in [5.41, 5.74) is 4.31. The molecular formula is C24H26N4O2. The Bertz CT molecular complexity index is 1080. The van der Waals surface area contributed by atoms with Gasteiger partial charge in [0.25, 0.3) is 11.8 Å². The van der Waals surface area contributed by atoms with Crippen LogP contribution >= 0.6 is 0 Å². The fourth-order valence-corrected chi connectivity index (χ4v) is 3.91. The maximum atomic E-state index is 13.0. The molecule has 0 saturated carbocycles. The lowest BCUT2D eigenvalue weighted by Gasteiger charge is -2.27. The van der Waals surface area contributed by atoms with E-state index in [9.17, 15) is 9.59 Å². The van der Waals surface area contributed by atoms with Gasteiger partial charge in [-0.1, -0.05) is 30.3 Å². The number of amides is 2. The number of hydrogen-bond donors (Lipinski definition) is 1. The number of nitrogens with one attached hydrogen (secondary N) is 1. The molecule has 4 rings (SSSR count). The quantitative estimate of drug-likeness (QED) is 0.705. The minimum Gasteiger partial charge on any atom is -0.339 e.